The summed E-state index contributed by atoms with van der Waals surface area (Å²) in [5.74, 6) is -0.425. The first-order chi connectivity index (χ1) is 14.5. The molecule has 0 radical (unpaired) electrons. The number of ketones is 1. The van der Waals surface area contributed by atoms with Gasteiger partial charge in [-0.2, -0.15) is 0 Å². The Morgan fingerprint density at radius 1 is 1.10 bits per heavy atom. The highest BCUT2D eigenvalue weighted by Crippen LogP contribution is 2.23. The van der Waals surface area contributed by atoms with Gasteiger partial charge in [-0.1, -0.05) is 20.8 Å². The number of nitrogens with one attached hydrogen (secondary N) is 1. The van der Waals surface area contributed by atoms with Crippen LogP contribution in [-0.4, -0.2) is 41.5 Å². The molecule has 0 saturated heterocycles. The summed E-state index contributed by atoms with van der Waals surface area (Å²) < 4.78 is 12.6. The van der Waals surface area contributed by atoms with E-state index in [1.807, 2.05) is 49.6 Å². The van der Waals surface area contributed by atoms with E-state index in [4.69, 9.17) is 9.47 Å². The lowest BCUT2D eigenvalue weighted by Gasteiger charge is -2.20. The van der Waals surface area contributed by atoms with Crippen LogP contribution in [0.25, 0.3) is 5.69 Å². The van der Waals surface area contributed by atoms with Gasteiger partial charge >= 0.3 is 5.97 Å². The van der Waals surface area contributed by atoms with Gasteiger partial charge in [0.1, 0.15) is 11.8 Å². The van der Waals surface area contributed by atoms with Crippen LogP contribution in [-0.2, 0) is 14.3 Å². The molecule has 1 unspecified atom stereocenters. The van der Waals surface area contributed by atoms with E-state index in [1.165, 1.54) is 6.92 Å². The Morgan fingerprint density at radius 2 is 1.71 bits per heavy atom. The third-order valence-corrected chi connectivity index (χ3v) is 4.87. The summed E-state index contributed by atoms with van der Waals surface area (Å²) >= 11 is 0. The predicted octanol–water partition coefficient (Wildman–Crippen LogP) is 3.77. The van der Waals surface area contributed by atoms with Crippen LogP contribution < -0.4 is 10.1 Å². The smallest absolute Gasteiger partial charge is 0.328 e. The van der Waals surface area contributed by atoms with Gasteiger partial charge in [-0.05, 0) is 58.0 Å². The first-order valence-corrected chi connectivity index (χ1v) is 10.4. The molecule has 0 saturated carbocycles. The average Bonchev–Trinajstić information content (AvgIpc) is 3.00. The molecule has 0 bridgehead atoms. The Labute approximate surface area is 183 Å². The summed E-state index contributed by atoms with van der Waals surface area (Å²) in [5.41, 5.74) is 2.43. The number of rotatable bonds is 8. The molecule has 0 fully saturated rings. The van der Waals surface area contributed by atoms with Gasteiger partial charge in [-0.3, -0.25) is 9.59 Å². The highest BCUT2D eigenvalue weighted by molar-refractivity contribution is 5.99. The number of benzene rings is 1. The van der Waals surface area contributed by atoms with Gasteiger partial charge in [0.25, 0.3) is 0 Å². The molecule has 2 rings (SSSR count). The second kappa shape index (κ2) is 9.81. The molecule has 2 aromatic rings. The predicted molar refractivity (Wildman–Crippen MR) is 119 cm³/mol. The summed E-state index contributed by atoms with van der Waals surface area (Å²) in [6, 6.07) is 8.57. The lowest BCUT2D eigenvalue weighted by molar-refractivity contribution is -0.147. The van der Waals surface area contributed by atoms with Crippen molar-refractivity contribution in [3.05, 3.63) is 47.3 Å². The second-order valence-electron chi connectivity index (χ2n) is 8.52. The topological polar surface area (TPSA) is 86.6 Å². The van der Waals surface area contributed by atoms with Gasteiger partial charge in [0, 0.05) is 28.1 Å². The monoisotopic (exact) mass is 428 g/mol. The molecule has 0 aliphatic carbocycles. The Kier molecular flexibility index (Phi) is 7.65. The molecule has 1 atom stereocenters. The molecule has 1 amide bonds. The van der Waals surface area contributed by atoms with Crippen LogP contribution in [0.15, 0.2) is 30.3 Å². The van der Waals surface area contributed by atoms with Crippen molar-refractivity contribution >= 4 is 17.7 Å². The molecule has 0 aliphatic rings. The fourth-order valence-corrected chi connectivity index (χ4v) is 3.11. The zero-order valence-electron chi connectivity index (χ0n) is 19.4. The molecule has 0 aliphatic heterocycles. The maximum absolute atomic E-state index is 12.7. The number of Topliss-reactive ketones (excluding diaryl/α,β-unsaturated/α-hetero) is 1. The third-order valence-electron chi connectivity index (χ3n) is 4.87. The van der Waals surface area contributed by atoms with E-state index in [0.717, 1.165) is 22.8 Å². The quantitative estimate of drug-likeness (QED) is 0.511. The number of ether oxygens (including phenoxy) is 2. The SMILES string of the molecule is CCOc1ccc(-n2c(C)cc(C(=O)COC(=O)C(C)NC(=O)C(C)(C)C)c2C)cc1. The molecular weight excluding hydrogens is 396 g/mol. The summed E-state index contributed by atoms with van der Waals surface area (Å²) in [6.45, 7) is 12.7. The van der Waals surface area contributed by atoms with Crippen molar-refractivity contribution in [2.24, 2.45) is 5.41 Å². The number of hydrogen-bond acceptors (Lipinski definition) is 5. The van der Waals surface area contributed by atoms with Crippen molar-refractivity contribution in [3.8, 4) is 11.4 Å². The number of aryl methyl sites for hydroxylation is 1. The maximum atomic E-state index is 12.7. The first-order valence-electron chi connectivity index (χ1n) is 10.4. The second-order valence-corrected chi connectivity index (χ2v) is 8.52. The molecule has 1 aromatic carbocycles. The lowest BCUT2D eigenvalue weighted by atomic mass is 9.95. The Hall–Kier alpha value is -3.09. The highest BCUT2D eigenvalue weighted by atomic mass is 16.5. The van der Waals surface area contributed by atoms with E-state index in [9.17, 15) is 14.4 Å². The summed E-state index contributed by atoms with van der Waals surface area (Å²) in [5, 5.41) is 2.60. The van der Waals surface area contributed by atoms with Crippen molar-refractivity contribution in [1.82, 2.24) is 9.88 Å². The number of carbonyl (C=O) groups is 3. The summed E-state index contributed by atoms with van der Waals surface area (Å²) in [4.78, 5) is 36.9. The molecule has 168 valence electrons. The standard InChI is InChI=1S/C24H32N2O5/c1-8-30-19-11-9-18(10-12-19)26-15(2)13-20(17(26)4)21(27)14-31-22(28)16(3)25-23(29)24(5,6)7/h9-13,16H,8,14H2,1-7H3,(H,25,29). The van der Waals surface area contributed by atoms with Crippen molar-refractivity contribution in [1.29, 1.82) is 0 Å². The maximum Gasteiger partial charge on any atom is 0.328 e. The Balaban J connectivity index is 2.07. The minimum absolute atomic E-state index is 0.262. The van der Waals surface area contributed by atoms with E-state index in [1.54, 1.807) is 26.8 Å². The van der Waals surface area contributed by atoms with Gasteiger partial charge in [-0.25, -0.2) is 4.79 Å². The minimum atomic E-state index is -0.837. The van der Waals surface area contributed by atoms with E-state index >= 15 is 0 Å². The number of esters is 1. The minimum Gasteiger partial charge on any atom is -0.494 e. The summed E-state index contributed by atoms with van der Waals surface area (Å²) in [7, 11) is 0. The molecular formula is C24H32N2O5. The van der Waals surface area contributed by atoms with Crippen LogP contribution in [0.3, 0.4) is 0 Å². The van der Waals surface area contributed by atoms with Crippen LogP contribution in [0, 0.1) is 19.3 Å². The normalized spacial score (nSPS) is 12.2. The zero-order valence-corrected chi connectivity index (χ0v) is 19.4. The van der Waals surface area contributed by atoms with Crippen molar-refractivity contribution in [3.63, 3.8) is 0 Å². The van der Waals surface area contributed by atoms with Crippen LogP contribution in [0.4, 0.5) is 0 Å². The largest absolute Gasteiger partial charge is 0.494 e. The highest BCUT2D eigenvalue weighted by Gasteiger charge is 2.26. The summed E-state index contributed by atoms with van der Waals surface area (Å²) in [6.07, 6.45) is 0. The van der Waals surface area contributed by atoms with Crippen molar-refractivity contribution in [2.75, 3.05) is 13.2 Å². The molecule has 7 heteroatoms. The van der Waals surface area contributed by atoms with E-state index in [2.05, 4.69) is 5.32 Å². The lowest BCUT2D eigenvalue weighted by Crippen LogP contribution is -2.45. The van der Waals surface area contributed by atoms with Gasteiger partial charge in [-0.15, -0.1) is 0 Å². The Bertz CT molecular complexity index is 952. The van der Waals surface area contributed by atoms with Crippen LogP contribution in [0.5, 0.6) is 5.75 Å². The Morgan fingerprint density at radius 3 is 2.26 bits per heavy atom. The fraction of sp³-hybridized carbons (Fsp3) is 0.458. The first kappa shape index (κ1) is 24.2. The number of amides is 1. The average molecular weight is 429 g/mol. The van der Waals surface area contributed by atoms with Crippen LogP contribution in [0.1, 0.15) is 56.4 Å². The zero-order chi connectivity index (χ0) is 23.3. The number of hydrogen-bond donors (Lipinski definition) is 1. The van der Waals surface area contributed by atoms with E-state index in [-0.39, 0.29) is 18.3 Å². The van der Waals surface area contributed by atoms with Gasteiger partial charge < -0.3 is 19.4 Å². The van der Waals surface area contributed by atoms with Crippen molar-refractivity contribution < 1.29 is 23.9 Å². The molecule has 7 nitrogen and oxygen atoms in total. The van der Waals surface area contributed by atoms with Crippen molar-refractivity contribution in [2.45, 2.75) is 54.5 Å². The van der Waals surface area contributed by atoms with E-state index in [0.29, 0.717) is 12.2 Å². The van der Waals surface area contributed by atoms with Gasteiger partial charge in [0.2, 0.25) is 11.7 Å². The fourth-order valence-electron chi connectivity index (χ4n) is 3.11. The molecule has 1 heterocycles. The van der Waals surface area contributed by atoms with Crippen LogP contribution >= 0.6 is 0 Å². The third kappa shape index (κ3) is 5.96. The number of aromatic nitrogens is 1. The molecule has 1 aromatic heterocycles. The van der Waals surface area contributed by atoms with Gasteiger partial charge in [0.15, 0.2) is 6.61 Å². The van der Waals surface area contributed by atoms with Crippen LogP contribution in [0.2, 0.25) is 0 Å². The molecule has 31 heavy (non-hydrogen) atoms. The number of carbonyl (C=O) groups excluding carboxylic acids is 3. The van der Waals surface area contributed by atoms with E-state index < -0.39 is 17.4 Å². The molecule has 1 N–H and O–H groups in total. The number of nitrogens with zero attached hydrogens (tertiary/aromatic N) is 1. The molecule has 0 spiro atoms. The van der Waals surface area contributed by atoms with Gasteiger partial charge in [0.05, 0.1) is 6.61 Å².